The molecule has 0 atom stereocenters. The molecule has 5 nitrogen and oxygen atoms in total. The molecule has 3 rings (SSSR count). The Morgan fingerprint density at radius 3 is 2.70 bits per heavy atom. The molecule has 1 heterocycles. The number of hydrogen-bond donors (Lipinski definition) is 2. The van der Waals surface area contributed by atoms with Crippen LogP contribution >= 0.6 is 11.3 Å². The lowest BCUT2D eigenvalue weighted by Crippen LogP contribution is -2.31. The molecule has 0 radical (unpaired) electrons. The smallest absolute Gasteiger partial charge is 0.270 e. The summed E-state index contributed by atoms with van der Waals surface area (Å²) in [5, 5.41) is 8.07. The Balaban J connectivity index is 1.43. The number of amides is 2. The maximum Gasteiger partial charge on any atom is 0.270 e. The first-order valence-corrected chi connectivity index (χ1v) is 10.2. The zero-order valence-corrected chi connectivity index (χ0v) is 16.0. The molecular formula is C20H24FN3O2S. The summed E-state index contributed by atoms with van der Waals surface area (Å²) in [4.78, 5) is 28.6. The van der Waals surface area contributed by atoms with Crippen LogP contribution in [-0.4, -0.2) is 23.3 Å². The number of aromatic nitrogens is 1. The molecule has 0 saturated heterocycles. The molecular weight excluding hydrogens is 365 g/mol. The molecule has 0 unspecified atom stereocenters. The second kappa shape index (κ2) is 9.60. The minimum atomic E-state index is -0.285. The first-order chi connectivity index (χ1) is 13.1. The van der Waals surface area contributed by atoms with Crippen molar-refractivity contribution < 1.29 is 14.0 Å². The van der Waals surface area contributed by atoms with Crippen LogP contribution in [0.3, 0.4) is 0 Å². The largest absolute Gasteiger partial charge is 0.350 e. The van der Waals surface area contributed by atoms with Gasteiger partial charge in [0.2, 0.25) is 5.91 Å². The number of carbonyl (C=O) groups excluding carboxylic acids is 2. The third kappa shape index (κ3) is 5.60. The normalized spacial score (nSPS) is 14.7. The molecule has 2 aromatic rings. The van der Waals surface area contributed by atoms with E-state index in [0.717, 1.165) is 25.7 Å². The molecule has 1 aliphatic rings. The molecule has 2 N–H and O–H groups in total. The van der Waals surface area contributed by atoms with Crippen LogP contribution in [0, 0.1) is 11.7 Å². The Morgan fingerprint density at radius 2 is 1.93 bits per heavy atom. The highest BCUT2D eigenvalue weighted by Gasteiger charge is 2.21. The molecule has 27 heavy (non-hydrogen) atoms. The van der Waals surface area contributed by atoms with Crippen molar-refractivity contribution in [3.05, 3.63) is 51.7 Å². The van der Waals surface area contributed by atoms with Gasteiger partial charge < -0.3 is 10.6 Å². The average molecular weight is 389 g/mol. The Bertz CT molecular complexity index is 787. The van der Waals surface area contributed by atoms with Crippen LogP contribution in [0.4, 0.5) is 4.39 Å². The van der Waals surface area contributed by atoms with Crippen LogP contribution in [0.5, 0.6) is 0 Å². The zero-order valence-electron chi connectivity index (χ0n) is 15.2. The Kier molecular flexibility index (Phi) is 6.92. The molecule has 0 bridgehead atoms. The van der Waals surface area contributed by atoms with E-state index in [1.807, 2.05) is 0 Å². The van der Waals surface area contributed by atoms with Crippen molar-refractivity contribution >= 4 is 23.2 Å². The van der Waals surface area contributed by atoms with E-state index >= 15 is 0 Å². The van der Waals surface area contributed by atoms with Crippen molar-refractivity contribution in [1.29, 1.82) is 0 Å². The van der Waals surface area contributed by atoms with Gasteiger partial charge in [0, 0.05) is 17.8 Å². The van der Waals surface area contributed by atoms with E-state index in [2.05, 4.69) is 15.6 Å². The van der Waals surface area contributed by atoms with Gasteiger partial charge in [-0.25, -0.2) is 9.37 Å². The highest BCUT2D eigenvalue weighted by Crippen LogP contribution is 2.23. The second-order valence-corrected chi connectivity index (χ2v) is 7.72. The van der Waals surface area contributed by atoms with Crippen molar-refractivity contribution in [2.45, 2.75) is 45.1 Å². The molecule has 1 saturated carbocycles. The van der Waals surface area contributed by atoms with Crippen LogP contribution in [0.1, 0.15) is 53.2 Å². The van der Waals surface area contributed by atoms with E-state index in [4.69, 9.17) is 0 Å². The van der Waals surface area contributed by atoms with E-state index in [1.165, 1.54) is 23.8 Å². The number of rotatable bonds is 7. The van der Waals surface area contributed by atoms with Crippen LogP contribution in [0.15, 0.2) is 29.6 Å². The highest BCUT2D eigenvalue weighted by atomic mass is 32.1. The number of carbonyl (C=O) groups is 2. The summed E-state index contributed by atoms with van der Waals surface area (Å²) in [5.41, 5.74) is 0.901. The molecule has 144 valence electrons. The standard InChI is InChI=1S/C20H24FN3O2S/c21-16-9-5-4-6-14(16)10-11-22-20(26)17-13-27-18(24-17)12-23-19(25)15-7-2-1-3-8-15/h4-6,9,13,15H,1-3,7-8,10-12H2,(H,22,26)(H,23,25). The van der Waals surface area contributed by atoms with Crippen molar-refractivity contribution in [2.75, 3.05) is 6.54 Å². The summed E-state index contributed by atoms with van der Waals surface area (Å²) < 4.78 is 13.6. The molecule has 0 aliphatic heterocycles. The summed E-state index contributed by atoms with van der Waals surface area (Å²) in [6, 6.07) is 6.53. The van der Waals surface area contributed by atoms with Gasteiger partial charge in [-0.05, 0) is 30.9 Å². The molecule has 7 heteroatoms. The lowest BCUT2D eigenvalue weighted by Gasteiger charge is -2.20. The van der Waals surface area contributed by atoms with Gasteiger partial charge in [-0.15, -0.1) is 11.3 Å². The molecule has 0 spiro atoms. The minimum absolute atomic E-state index is 0.0841. The summed E-state index contributed by atoms with van der Waals surface area (Å²) in [5.74, 6) is -0.357. The van der Waals surface area contributed by atoms with Crippen molar-refractivity contribution in [2.24, 2.45) is 5.92 Å². The SMILES string of the molecule is O=C(NCCc1ccccc1F)c1csc(CNC(=O)C2CCCCC2)n1. The number of nitrogens with one attached hydrogen (secondary N) is 2. The van der Waals surface area contributed by atoms with Gasteiger partial charge in [0.15, 0.2) is 0 Å². The van der Waals surface area contributed by atoms with E-state index in [9.17, 15) is 14.0 Å². The van der Waals surface area contributed by atoms with E-state index in [-0.39, 0.29) is 23.5 Å². The van der Waals surface area contributed by atoms with Gasteiger partial charge in [0.05, 0.1) is 6.54 Å². The van der Waals surface area contributed by atoms with Gasteiger partial charge in [0.25, 0.3) is 5.91 Å². The van der Waals surface area contributed by atoms with Crippen molar-refractivity contribution in [3.8, 4) is 0 Å². The predicted octanol–water partition coefficient (Wildman–Crippen LogP) is 3.45. The molecule has 1 aromatic carbocycles. The molecule has 1 aromatic heterocycles. The molecule has 1 aliphatic carbocycles. The molecule has 2 amide bonds. The van der Waals surface area contributed by atoms with Gasteiger partial charge in [-0.3, -0.25) is 9.59 Å². The van der Waals surface area contributed by atoms with Crippen LogP contribution in [-0.2, 0) is 17.8 Å². The van der Waals surface area contributed by atoms with E-state index in [0.29, 0.717) is 35.8 Å². The van der Waals surface area contributed by atoms with E-state index < -0.39 is 0 Å². The Labute approximate surface area is 162 Å². The minimum Gasteiger partial charge on any atom is -0.350 e. The zero-order chi connectivity index (χ0) is 19.1. The first-order valence-electron chi connectivity index (χ1n) is 9.37. The lowest BCUT2D eigenvalue weighted by atomic mass is 9.89. The lowest BCUT2D eigenvalue weighted by molar-refractivity contribution is -0.126. The quantitative estimate of drug-likeness (QED) is 0.762. The topological polar surface area (TPSA) is 71.1 Å². The fourth-order valence-corrected chi connectivity index (χ4v) is 3.98. The summed E-state index contributed by atoms with van der Waals surface area (Å²) in [6.07, 6.45) is 5.79. The van der Waals surface area contributed by atoms with Crippen LogP contribution in [0.25, 0.3) is 0 Å². The third-order valence-corrected chi connectivity index (χ3v) is 5.66. The highest BCUT2D eigenvalue weighted by molar-refractivity contribution is 7.09. The average Bonchev–Trinajstić information content (AvgIpc) is 3.17. The number of benzene rings is 1. The fourth-order valence-electron chi connectivity index (χ4n) is 3.27. The summed E-state index contributed by atoms with van der Waals surface area (Å²) >= 11 is 1.35. The van der Waals surface area contributed by atoms with Crippen molar-refractivity contribution in [3.63, 3.8) is 0 Å². The predicted molar refractivity (Wildman–Crippen MR) is 103 cm³/mol. The van der Waals surface area contributed by atoms with Gasteiger partial charge >= 0.3 is 0 Å². The van der Waals surface area contributed by atoms with Crippen LogP contribution in [0.2, 0.25) is 0 Å². The van der Waals surface area contributed by atoms with Gasteiger partial charge in [-0.2, -0.15) is 0 Å². The first kappa shape index (κ1) is 19.5. The Morgan fingerprint density at radius 1 is 1.15 bits per heavy atom. The maximum atomic E-state index is 13.6. The maximum absolute atomic E-state index is 13.6. The monoisotopic (exact) mass is 389 g/mol. The van der Waals surface area contributed by atoms with E-state index in [1.54, 1.807) is 23.6 Å². The summed E-state index contributed by atoms with van der Waals surface area (Å²) in [7, 11) is 0. The third-order valence-electron chi connectivity index (χ3n) is 4.81. The number of halogens is 1. The molecule has 1 fully saturated rings. The van der Waals surface area contributed by atoms with Crippen LogP contribution < -0.4 is 10.6 Å². The Hall–Kier alpha value is -2.28. The number of thiazole rings is 1. The van der Waals surface area contributed by atoms with Gasteiger partial charge in [0.1, 0.15) is 16.5 Å². The van der Waals surface area contributed by atoms with Crippen molar-refractivity contribution in [1.82, 2.24) is 15.6 Å². The number of hydrogen-bond acceptors (Lipinski definition) is 4. The number of nitrogens with zero attached hydrogens (tertiary/aromatic N) is 1. The summed E-state index contributed by atoms with van der Waals surface area (Å²) in [6.45, 7) is 0.688. The second-order valence-electron chi connectivity index (χ2n) is 6.78. The van der Waals surface area contributed by atoms with Gasteiger partial charge in [-0.1, -0.05) is 37.5 Å². The fraction of sp³-hybridized carbons (Fsp3) is 0.450.